The molecule has 22 heavy (non-hydrogen) atoms. The van der Waals surface area contributed by atoms with E-state index < -0.39 is 5.60 Å². The van der Waals surface area contributed by atoms with E-state index in [1.165, 1.54) is 0 Å². The fourth-order valence-electron chi connectivity index (χ4n) is 2.46. The summed E-state index contributed by atoms with van der Waals surface area (Å²) >= 11 is 5.96. The van der Waals surface area contributed by atoms with Crippen LogP contribution in [0.1, 0.15) is 16.7 Å². The van der Waals surface area contributed by atoms with E-state index in [9.17, 15) is 5.11 Å². The highest BCUT2D eigenvalue weighted by Crippen LogP contribution is 2.36. The molecule has 1 unspecified atom stereocenters. The van der Waals surface area contributed by atoms with Gasteiger partial charge in [-0.3, -0.25) is 4.98 Å². The Balaban J connectivity index is 0.00000176. The number of hydrogen-bond acceptors (Lipinski definition) is 2. The van der Waals surface area contributed by atoms with Crippen molar-refractivity contribution < 1.29 is 5.11 Å². The van der Waals surface area contributed by atoms with Crippen LogP contribution in [0, 0.1) is 0 Å². The second kappa shape index (κ2) is 6.93. The van der Waals surface area contributed by atoms with Crippen molar-refractivity contribution in [2.75, 3.05) is 0 Å². The molecule has 0 saturated heterocycles. The molecule has 1 heterocycles. The minimum Gasteiger partial charge on any atom is -0.376 e. The summed E-state index contributed by atoms with van der Waals surface area (Å²) in [5, 5.41) is 12.1. The van der Waals surface area contributed by atoms with Crippen LogP contribution in [0.15, 0.2) is 79.1 Å². The molecule has 0 saturated carbocycles. The molecule has 3 aromatic rings. The van der Waals surface area contributed by atoms with Crippen molar-refractivity contribution in [1.82, 2.24) is 4.98 Å². The van der Waals surface area contributed by atoms with Crippen LogP contribution < -0.4 is 0 Å². The van der Waals surface area contributed by atoms with E-state index in [0.717, 1.165) is 16.7 Å². The Kier molecular flexibility index (Phi) is 5.19. The van der Waals surface area contributed by atoms with Gasteiger partial charge in [0.25, 0.3) is 0 Å². The summed E-state index contributed by atoms with van der Waals surface area (Å²) in [6.45, 7) is 0. The van der Waals surface area contributed by atoms with E-state index in [1.54, 1.807) is 24.5 Å². The first-order chi connectivity index (χ1) is 10.2. The summed E-state index contributed by atoms with van der Waals surface area (Å²) in [5.41, 5.74) is 1.11. The summed E-state index contributed by atoms with van der Waals surface area (Å²) < 4.78 is 0. The van der Waals surface area contributed by atoms with E-state index in [1.807, 2.05) is 54.6 Å². The average Bonchev–Trinajstić information content (AvgIpc) is 2.56. The lowest BCUT2D eigenvalue weighted by Crippen LogP contribution is -2.28. The van der Waals surface area contributed by atoms with Crippen LogP contribution in [0.3, 0.4) is 0 Å². The van der Waals surface area contributed by atoms with Crippen molar-refractivity contribution >= 4 is 24.0 Å². The standard InChI is InChI=1S/C18H14ClNO.ClH/c19-17-8-6-15(7-9-17)18(21,14-4-2-1-3-5-14)16-10-12-20-13-11-16;/h1-13,21H;1H. The van der Waals surface area contributed by atoms with E-state index >= 15 is 0 Å². The number of halogens is 2. The van der Waals surface area contributed by atoms with Crippen molar-refractivity contribution in [3.8, 4) is 0 Å². The highest BCUT2D eigenvalue weighted by molar-refractivity contribution is 6.30. The van der Waals surface area contributed by atoms with Crippen LogP contribution in [0.4, 0.5) is 0 Å². The first-order valence-corrected chi connectivity index (χ1v) is 7.03. The minimum absolute atomic E-state index is 0. The number of hydrogen-bond donors (Lipinski definition) is 1. The quantitative estimate of drug-likeness (QED) is 0.769. The maximum absolute atomic E-state index is 11.4. The van der Waals surface area contributed by atoms with Crippen molar-refractivity contribution in [2.45, 2.75) is 5.60 Å². The normalized spacial score (nSPS) is 13.0. The minimum atomic E-state index is -1.23. The highest BCUT2D eigenvalue weighted by atomic mass is 35.5. The molecular weight excluding hydrogens is 317 g/mol. The molecule has 0 aliphatic rings. The molecule has 2 aromatic carbocycles. The molecular formula is C18H15Cl2NO. The lowest BCUT2D eigenvalue weighted by Gasteiger charge is -2.30. The number of benzene rings is 2. The van der Waals surface area contributed by atoms with Gasteiger partial charge in [-0.15, -0.1) is 12.4 Å². The molecule has 0 aliphatic heterocycles. The lowest BCUT2D eigenvalue weighted by molar-refractivity contribution is 0.125. The van der Waals surface area contributed by atoms with E-state index in [-0.39, 0.29) is 12.4 Å². The molecule has 1 atom stereocenters. The topological polar surface area (TPSA) is 33.1 Å². The van der Waals surface area contributed by atoms with Crippen LogP contribution in [0.2, 0.25) is 5.02 Å². The smallest absolute Gasteiger partial charge is 0.140 e. The van der Waals surface area contributed by atoms with Gasteiger partial charge in [-0.1, -0.05) is 54.1 Å². The van der Waals surface area contributed by atoms with Gasteiger partial charge in [0.1, 0.15) is 5.60 Å². The Morgan fingerprint density at radius 3 is 1.82 bits per heavy atom. The molecule has 1 N–H and O–H groups in total. The summed E-state index contributed by atoms with van der Waals surface area (Å²) in [7, 11) is 0. The van der Waals surface area contributed by atoms with Crippen molar-refractivity contribution in [1.29, 1.82) is 0 Å². The molecule has 1 aromatic heterocycles. The molecule has 4 heteroatoms. The van der Waals surface area contributed by atoms with Crippen LogP contribution >= 0.6 is 24.0 Å². The molecule has 3 rings (SSSR count). The highest BCUT2D eigenvalue weighted by Gasteiger charge is 2.33. The fraction of sp³-hybridized carbons (Fsp3) is 0.0556. The van der Waals surface area contributed by atoms with Crippen LogP contribution in [-0.2, 0) is 5.60 Å². The molecule has 0 bridgehead atoms. The van der Waals surface area contributed by atoms with Gasteiger partial charge >= 0.3 is 0 Å². The number of aromatic nitrogens is 1. The van der Waals surface area contributed by atoms with Crippen molar-refractivity contribution in [3.05, 3.63) is 101 Å². The predicted molar refractivity (Wildman–Crippen MR) is 91.5 cm³/mol. The SMILES string of the molecule is Cl.OC(c1ccccc1)(c1ccncc1)c1ccc(Cl)cc1. The van der Waals surface area contributed by atoms with Gasteiger partial charge in [-0.05, 0) is 41.0 Å². The summed E-state index contributed by atoms with van der Waals surface area (Å²) in [4.78, 5) is 4.03. The molecule has 112 valence electrons. The summed E-state index contributed by atoms with van der Waals surface area (Å²) in [6.07, 6.45) is 3.36. The molecule has 0 radical (unpaired) electrons. The Labute approximate surface area is 140 Å². The third-order valence-corrected chi connectivity index (χ3v) is 3.80. The maximum atomic E-state index is 11.4. The van der Waals surface area contributed by atoms with Crippen LogP contribution in [-0.4, -0.2) is 10.1 Å². The molecule has 2 nitrogen and oxygen atoms in total. The number of nitrogens with zero attached hydrogens (tertiary/aromatic N) is 1. The summed E-state index contributed by atoms with van der Waals surface area (Å²) in [6, 6.07) is 20.5. The van der Waals surface area contributed by atoms with Gasteiger partial charge in [0.05, 0.1) is 0 Å². The predicted octanol–water partition coefficient (Wildman–Crippen LogP) is 4.44. The Morgan fingerprint density at radius 1 is 0.727 bits per heavy atom. The molecule has 0 spiro atoms. The molecule has 0 fully saturated rings. The zero-order valence-corrected chi connectivity index (χ0v) is 13.3. The largest absolute Gasteiger partial charge is 0.376 e. The van der Waals surface area contributed by atoms with Gasteiger partial charge in [-0.2, -0.15) is 0 Å². The van der Waals surface area contributed by atoms with Gasteiger partial charge in [-0.25, -0.2) is 0 Å². The Bertz CT molecular complexity index is 676. The first kappa shape index (κ1) is 16.5. The zero-order chi connectivity index (χ0) is 14.7. The molecule has 0 amide bonds. The van der Waals surface area contributed by atoms with Gasteiger partial charge in [0, 0.05) is 17.4 Å². The van der Waals surface area contributed by atoms with Gasteiger partial charge in [0.2, 0.25) is 0 Å². The summed E-state index contributed by atoms with van der Waals surface area (Å²) in [5.74, 6) is 0. The van der Waals surface area contributed by atoms with E-state index in [2.05, 4.69) is 4.98 Å². The second-order valence-corrected chi connectivity index (χ2v) is 5.26. The van der Waals surface area contributed by atoms with Crippen molar-refractivity contribution in [2.24, 2.45) is 0 Å². The third kappa shape index (κ3) is 3.00. The number of aliphatic hydroxyl groups is 1. The maximum Gasteiger partial charge on any atom is 0.140 e. The second-order valence-electron chi connectivity index (χ2n) is 4.82. The number of rotatable bonds is 3. The lowest BCUT2D eigenvalue weighted by atomic mass is 9.81. The zero-order valence-electron chi connectivity index (χ0n) is 11.7. The van der Waals surface area contributed by atoms with Crippen LogP contribution in [0.25, 0.3) is 0 Å². The van der Waals surface area contributed by atoms with E-state index in [0.29, 0.717) is 5.02 Å². The van der Waals surface area contributed by atoms with Crippen LogP contribution in [0.5, 0.6) is 0 Å². The van der Waals surface area contributed by atoms with Crippen molar-refractivity contribution in [3.63, 3.8) is 0 Å². The van der Waals surface area contributed by atoms with E-state index in [4.69, 9.17) is 11.6 Å². The van der Waals surface area contributed by atoms with Gasteiger partial charge < -0.3 is 5.11 Å². The first-order valence-electron chi connectivity index (χ1n) is 6.66. The average molecular weight is 332 g/mol. The molecule has 0 aliphatic carbocycles. The third-order valence-electron chi connectivity index (χ3n) is 3.55. The van der Waals surface area contributed by atoms with Gasteiger partial charge in [0.15, 0.2) is 0 Å². The number of pyridine rings is 1. The fourth-order valence-corrected chi connectivity index (χ4v) is 2.59. The monoisotopic (exact) mass is 331 g/mol. The Morgan fingerprint density at radius 2 is 1.23 bits per heavy atom. The Hall–Kier alpha value is -1.87.